The smallest absolute Gasteiger partial charge is 0.254 e. The van der Waals surface area contributed by atoms with Crippen molar-refractivity contribution in [2.45, 2.75) is 4.90 Å². The molecule has 1 rings (SSSR count). The second-order valence-corrected chi connectivity index (χ2v) is 6.08. The number of benzene rings is 1. The molecule has 0 unspecified atom stereocenters. The van der Waals surface area contributed by atoms with Crippen molar-refractivity contribution >= 4 is 15.7 Å². The molecule has 0 heterocycles. The van der Waals surface area contributed by atoms with Gasteiger partial charge >= 0.3 is 0 Å². The third-order valence-electron chi connectivity index (χ3n) is 2.56. The van der Waals surface area contributed by atoms with Crippen molar-refractivity contribution in [3.8, 4) is 0 Å². The third-order valence-corrected chi connectivity index (χ3v) is 3.72. The van der Waals surface area contributed by atoms with Crippen LogP contribution < -0.4 is 5.32 Å². The normalized spacial score (nSPS) is 11.3. The topological polar surface area (TPSA) is 66.5 Å². The van der Waals surface area contributed by atoms with E-state index in [2.05, 4.69) is 5.32 Å². The fourth-order valence-electron chi connectivity index (χ4n) is 1.55. The van der Waals surface area contributed by atoms with Crippen molar-refractivity contribution in [3.63, 3.8) is 0 Å². The molecule has 0 radical (unpaired) electrons. The van der Waals surface area contributed by atoms with Crippen molar-refractivity contribution < 1.29 is 13.2 Å². The SMILES string of the molecule is CNCCN(C)C(=O)c1ccccc1S(C)(=O)=O. The van der Waals surface area contributed by atoms with Crippen molar-refractivity contribution in [1.82, 2.24) is 10.2 Å². The largest absolute Gasteiger partial charge is 0.340 e. The Morgan fingerprint density at radius 3 is 2.50 bits per heavy atom. The lowest BCUT2D eigenvalue weighted by Crippen LogP contribution is -2.33. The van der Waals surface area contributed by atoms with E-state index in [1.807, 2.05) is 0 Å². The first kappa shape index (κ1) is 14.7. The Hall–Kier alpha value is -1.40. The van der Waals surface area contributed by atoms with Crippen LogP contribution in [-0.2, 0) is 9.84 Å². The molecule has 1 aromatic rings. The lowest BCUT2D eigenvalue weighted by molar-refractivity contribution is 0.0793. The Morgan fingerprint density at radius 1 is 1.33 bits per heavy atom. The number of nitrogens with one attached hydrogen (secondary N) is 1. The maximum Gasteiger partial charge on any atom is 0.254 e. The highest BCUT2D eigenvalue weighted by Crippen LogP contribution is 2.16. The Morgan fingerprint density at radius 2 is 1.94 bits per heavy atom. The number of rotatable bonds is 5. The molecule has 1 amide bonds. The van der Waals surface area contributed by atoms with Crippen LogP contribution in [-0.4, -0.2) is 52.7 Å². The van der Waals surface area contributed by atoms with Crippen LogP contribution in [0.25, 0.3) is 0 Å². The molecule has 0 spiro atoms. The molecule has 0 bridgehead atoms. The number of likely N-dealkylation sites (N-methyl/N-ethyl adjacent to an activating group) is 2. The zero-order chi connectivity index (χ0) is 13.8. The van der Waals surface area contributed by atoms with Gasteiger partial charge in [0.25, 0.3) is 5.91 Å². The molecule has 0 aliphatic carbocycles. The summed E-state index contributed by atoms with van der Waals surface area (Å²) in [6.07, 6.45) is 1.10. The molecule has 0 aliphatic rings. The summed E-state index contributed by atoms with van der Waals surface area (Å²) in [5, 5.41) is 2.94. The standard InChI is InChI=1S/C12H18N2O3S/c1-13-8-9-14(2)12(15)10-6-4-5-7-11(10)18(3,16)17/h4-7,13H,8-9H2,1-3H3. The van der Waals surface area contributed by atoms with Crippen LogP contribution >= 0.6 is 0 Å². The van der Waals surface area contributed by atoms with Crippen LogP contribution in [0.15, 0.2) is 29.2 Å². The van der Waals surface area contributed by atoms with Crippen molar-refractivity contribution in [2.24, 2.45) is 0 Å². The van der Waals surface area contributed by atoms with E-state index in [0.29, 0.717) is 13.1 Å². The highest BCUT2D eigenvalue weighted by atomic mass is 32.2. The number of carbonyl (C=O) groups excluding carboxylic acids is 1. The lowest BCUT2D eigenvalue weighted by atomic mass is 10.2. The first-order valence-electron chi connectivity index (χ1n) is 5.57. The van der Waals surface area contributed by atoms with E-state index in [0.717, 1.165) is 6.26 Å². The van der Waals surface area contributed by atoms with Gasteiger partial charge in [0.15, 0.2) is 9.84 Å². The number of amides is 1. The highest BCUT2D eigenvalue weighted by molar-refractivity contribution is 7.90. The zero-order valence-corrected chi connectivity index (χ0v) is 11.6. The molecule has 1 aromatic carbocycles. The van der Waals surface area contributed by atoms with E-state index in [9.17, 15) is 13.2 Å². The monoisotopic (exact) mass is 270 g/mol. The molecule has 0 atom stereocenters. The van der Waals surface area contributed by atoms with Crippen LogP contribution in [0, 0.1) is 0 Å². The Bertz CT molecular complexity index is 526. The second-order valence-electron chi connectivity index (χ2n) is 4.10. The molecule has 0 aliphatic heterocycles. The quantitative estimate of drug-likeness (QED) is 0.840. The average molecular weight is 270 g/mol. The number of nitrogens with zero attached hydrogens (tertiary/aromatic N) is 1. The van der Waals surface area contributed by atoms with E-state index in [4.69, 9.17) is 0 Å². The van der Waals surface area contributed by atoms with E-state index in [1.165, 1.54) is 17.0 Å². The van der Waals surface area contributed by atoms with Crippen molar-refractivity contribution in [3.05, 3.63) is 29.8 Å². The van der Waals surface area contributed by atoms with Crippen molar-refractivity contribution in [2.75, 3.05) is 33.4 Å². The molecular weight excluding hydrogens is 252 g/mol. The minimum absolute atomic E-state index is 0.0753. The van der Waals surface area contributed by atoms with E-state index >= 15 is 0 Å². The fraction of sp³-hybridized carbons (Fsp3) is 0.417. The van der Waals surface area contributed by atoms with E-state index in [-0.39, 0.29) is 16.4 Å². The predicted octanol–water partition coefficient (Wildman–Crippen LogP) is 0.382. The fourth-order valence-corrected chi connectivity index (χ4v) is 2.43. The summed E-state index contributed by atoms with van der Waals surface area (Å²) in [4.78, 5) is 13.7. The summed E-state index contributed by atoms with van der Waals surface area (Å²) < 4.78 is 23.2. The van der Waals surface area contributed by atoms with Crippen molar-refractivity contribution in [1.29, 1.82) is 0 Å². The lowest BCUT2D eigenvalue weighted by Gasteiger charge is -2.18. The first-order chi connectivity index (χ1) is 8.38. The number of hydrogen-bond acceptors (Lipinski definition) is 4. The number of hydrogen-bond donors (Lipinski definition) is 1. The van der Waals surface area contributed by atoms with Gasteiger partial charge in [-0.2, -0.15) is 0 Å². The van der Waals surface area contributed by atoms with Gasteiger partial charge in [-0.25, -0.2) is 8.42 Å². The maximum atomic E-state index is 12.2. The van der Waals surface area contributed by atoms with Gasteiger partial charge in [-0.1, -0.05) is 12.1 Å². The molecule has 0 aromatic heterocycles. The van der Waals surface area contributed by atoms with Crippen LogP contribution in [0.1, 0.15) is 10.4 Å². The highest BCUT2D eigenvalue weighted by Gasteiger charge is 2.20. The molecular formula is C12H18N2O3S. The van der Waals surface area contributed by atoms with E-state index < -0.39 is 9.84 Å². The van der Waals surface area contributed by atoms with Crippen LogP contribution in [0.2, 0.25) is 0 Å². The molecule has 100 valence electrons. The summed E-state index contributed by atoms with van der Waals surface area (Å²) in [5.41, 5.74) is 0.221. The molecule has 6 heteroatoms. The van der Waals surface area contributed by atoms with Gasteiger partial charge in [0, 0.05) is 26.4 Å². The second kappa shape index (κ2) is 5.97. The first-order valence-corrected chi connectivity index (χ1v) is 7.46. The van der Waals surface area contributed by atoms with Gasteiger partial charge in [-0.15, -0.1) is 0 Å². The van der Waals surface area contributed by atoms with Gasteiger partial charge in [0.2, 0.25) is 0 Å². The zero-order valence-electron chi connectivity index (χ0n) is 10.8. The maximum absolute atomic E-state index is 12.2. The summed E-state index contributed by atoms with van der Waals surface area (Å²) in [5.74, 6) is -0.286. The molecule has 1 N–H and O–H groups in total. The molecule has 0 fully saturated rings. The number of sulfone groups is 1. The minimum Gasteiger partial charge on any atom is -0.340 e. The number of carbonyl (C=O) groups is 1. The molecule has 0 saturated carbocycles. The van der Waals surface area contributed by atoms with E-state index in [1.54, 1.807) is 26.2 Å². The summed E-state index contributed by atoms with van der Waals surface area (Å²) in [7, 11) is 0.0503. The minimum atomic E-state index is -3.40. The Labute approximate surface area is 108 Å². The van der Waals surface area contributed by atoms with Gasteiger partial charge < -0.3 is 10.2 Å². The third kappa shape index (κ3) is 3.54. The molecule has 0 saturated heterocycles. The van der Waals surface area contributed by atoms with Gasteiger partial charge in [-0.05, 0) is 19.2 Å². The van der Waals surface area contributed by atoms with Gasteiger partial charge in [0.1, 0.15) is 0 Å². The summed E-state index contributed by atoms with van der Waals surface area (Å²) >= 11 is 0. The summed E-state index contributed by atoms with van der Waals surface area (Å²) in [6.45, 7) is 1.18. The Balaban J connectivity index is 3.07. The predicted molar refractivity (Wildman–Crippen MR) is 70.4 cm³/mol. The van der Waals surface area contributed by atoms with Gasteiger partial charge in [0.05, 0.1) is 10.5 Å². The molecule has 18 heavy (non-hydrogen) atoms. The average Bonchev–Trinajstić information content (AvgIpc) is 2.34. The summed E-state index contributed by atoms with van der Waals surface area (Å²) in [6, 6.07) is 6.26. The Kier molecular flexibility index (Phi) is 4.86. The van der Waals surface area contributed by atoms with Crippen LogP contribution in [0.3, 0.4) is 0 Å². The van der Waals surface area contributed by atoms with Crippen LogP contribution in [0.4, 0.5) is 0 Å². The molecule has 5 nitrogen and oxygen atoms in total. The van der Waals surface area contributed by atoms with Crippen LogP contribution in [0.5, 0.6) is 0 Å². The van der Waals surface area contributed by atoms with Gasteiger partial charge in [-0.3, -0.25) is 4.79 Å².